The lowest BCUT2D eigenvalue weighted by Crippen LogP contribution is -2.37. The van der Waals surface area contributed by atoms with E-state index in [2.05, 4.69) is 13.8 Å². The van der Waals surface area contributed by atoms with Crippen molar-refractivity contribution in [1.82, 2.24) is 0 Å². The lowest BCUT2D eigenvalue weighted by Gasteiger charge is -2.24. The van der Waals surface area contributed by atoms with Crippen LogP contribution in [0.15, 0.2) is 0 Å². The molecule has 10 heteroatoms. The van der Waals surface area contributed by atoms with Crippen molar-refractivity contribution in [3.63, 3.8) is 0 Å². The summed E-state index contributed by atoms with van der Waals surface area (Å²) in [5.41, 5.74) is 0. The van der Waals surface area contributed by atoms with Crippen molar-refractivity contribution >= 4 is 19.8 Å². The minimum Gasteiger partial charge on any atom is -0.462 e. The van der Waals surface area contributed by atoms with Gasteiger partial charge >= 0.3 is 19.8 Å². The number of hydrogen-bond donors (Lipinski definition) is 1. The van der Waals surface area contributed by atoms with Gasteiger partial charge in [0, 0.05) is 12.8 Å². The molecule has 0 saturated carbocycles. The predicted octanol–water partition coefficient (Wildman–Crippen LogP) is 10.5. The average molecular weight is 707 g/mol. The van der Waals surface area contributed by atoms with Crippen LogP contribution in [0.4, 0.5) is 0 Å². The van der Waals surface area contributed by atoms with Crippen LogP contribution in [0.1, 0.15) is 181 Å². The SMILES string of the molecule is CCCCCCCCCCCCCCCCCC(=O)OCC(COP(=O)(O)OCC[N+](C)(C)C)OC(=O)CCCCCCCCCCC. The molecule has 0 saturated heterocycles. The van der Waals surface area contributed by atoms with E-state index in [1.165, 1.54) is 116 Å². The number of esters is 2. The third-order valence-corrected chi connectivity index (χ3v) is 9.62. The molecule has 1 N–H and O–H groups in total. The number of hydrogen-bond acceptors (Lipinski definition) is 7. The van der Waals surface area contributed by atoms with Crippen LogP contribution in [-0.4, -0.2) is 74.9 Å². The average Bonchev–Trinajstić information content (AvgIpc) is 3.02. The maximum absolute atomic E-state index is 12.6. The lowest BCUT2D eigenvalue weighted by molar-refractivity contribution is -0.870. The van der Waals surface area contributed by atoms with Gasteiger partial charge in [-0.25, -0.2) is 4.57 Å². The zero-order valence-corrected chi connectivity index (χ0v) is 32.9. The Kier molecular flexibility index (Phi) is 31.3. The zero-order valence-electron chi connectivity index (χ0n) is 32.0. The second kappa shape index (κ2) is 32.0. The first-order chi connectivity index (χ1) is 23.0. The highest BCUT2D eigenvalue weighted by atomic mass is 31.2. The molecule has 0 amide bonds. The highest BCUT2D eigenvalue weighted by molar-refractivity contribution is 7.47. The number of rotatable bonds is 36. The Balaban J connectivity index is 4.33. The number of quaternary nitrogens is 1. The molecule has 0 aromatic carbocycles. The summed E-state index contributed by atoms with van der Waals surface area (Å²) < 4.78 is 34.1. The van der Waals surface area contributed by atoms with Crippen LogP contribution in [0.2, 0.25) is 0 Å². The maximum Gasteiger partial charge on any atom is 0.472 e. The smallest absolute Gasteiger partial charge is 0.462 e. The van der Waals surface area contributed by atoms with Gasteiger partial charge in [0.05, 0.1) is 27.7 Å². The molecule has 2 atom stereocenters. The summed E-state index contributed by atoms with van der Waals surface area (Å²) in [6.07, 6.45) is 28.6. The molecule has 286 valence electrons. The second-order valence-corrected chi connectivity index (χ2v) is 16.1. The monoisotopic (exact) mass is 707 g/mol. The minimum atomic E-state index is -4.36. The molecule has 0 aromatic rings. The van der Waals surface area contributed by atoms with Crippen LogP contribution < -0.4 is 0 Å². The van der Waals surface area contributed by atoms with Gasteiger partial charge in [-0.2, -0.15) is 0 Å². The first-order valence-corrected chi connectivity index (χ1v) is 21.3. The number of likely N-dealkylation sites (N-methyl/N-ethyl adjacent to an activating group) is 1. The molecule has 9 nitrogen and oxygen atoms in total. The van der Waals surface area contributed by atoms with Crippen molar-refractivity contribution in [1.29, 1.82) is 0 Å². The second-order valence-electron chi connectivity index (χ2n) is 14.7. The summed E-state index contributed by atoms with van der Waals surface area (Å²) in [7, 11) is 1.49. The number of unbranched alkanes of at least 4 members (excludes halogenated alkanes) is 22. The van der Waals surface area contributed by atoms with Crippen molar-refractivity contribution < 1.29 is 42.1 Å². The van der Waals surface area contributed by atoms with Gasteiger partial charge < -0.3 is 18.9 Å². The van der Waals surface area contributed by atoms with E-state index in [0.717, 1.165) is 32.1 Å². The Bertz CT molecular complexity index is 804. The van der Waals surface area contributed by atoms with E-state index in [0.29, 0.717) is 23.9 Å². The Labute approximate surface area is 295 Å². The van der Waals surface area contributed by atoms with Gasteiger partial charge in [-0.15, -0.1) is 0 Å². The summed E-state index contributed by atoms with van der Waals surface area (Å²) in [5, 5.41) is 0. The third kappa shape index (κ3) is 34.9. The molecular formula is C38H77NO8P+. The standard InChI is InChI=1S/C38H76NO8P/c1-6-8-10-12-14-16-17-18-19-20-21-23-24-26-28-30-37(40)44-34-36(35-46-48(42,43)45-33-32-39(3,4)5)47-38(41)31-29-27-25-22-15-13-11-9-7-2/h36H,6-35H2,1-5H3/p+1. The summed E-state index contributed by atoms with van der Waals surface area (Å²) in [5.74, 6) is -0.792. The molecule has 0 aliphatic rings. The fraction of sp³-hybridized carbons (Fsp3) is 0.947. The van der Waals surface area contributed by atoms with Gasteiger partial charge in [-0.1, -0.05) is 155 Å². The predicted molar refractivity (Wildman–Crippen MR) is 197 cm³/mol. The molecule has 0 aromatic heterocycles. The largest absolute Gasteiger partial charge is 0.472 e. The first kappa shape index (κ1) is 47.0. The highest BCUT2D eigenvalue weighted by Gasteiger charge is 2.27. The Morgan fingerprint density at radius 3 is 1.33 bits per heavy atom. The van der Waals surface area contributed by atoms with Gasteiger partial charge in [0.1, 0.15) is 19.8 Å². The van der Waals surface area contributed by atoms with Crippen molar-refractivity contribution in [3.05, 3.63) is 0 Å². The minimum absolute atomic E-state index is 0.0363. The van der Waals surface area contributed by atoms with E-state index in [-0.39, 0.29) is 25.6 Å². The van der Waals surface area contributed by atoms with Gasteiger partial charge in [0.15, 0.2) is 6.10 Å². The van der Waals surface area contributed by atoms with E-state index >= 15 is 0 Å². The van der Waals surface area contributed by atoms with E-state index in [1.54, 1.807) is 0 Å². The normalized spacial score (nSPS) is 13.7. The highest BCUT2D eigenvalue weighted by Crippen LogP contribution is 2.43. The molecule has 0 rings (SSSR count). The number of phosphoric acid groups is 1. The molecule has 2 unspecified atom stereocenters. The molecule has 0 heterocycles. The number of phosphoric ester groups is 1. The van der Waals surface area contributed by atoms with Gasteiger partial charge in [0.25, 0.3) is 0 Å². The number of carbonyl (C=O) groups is 2. The summed E-state index contributed by atoms with van der Waals surface area (Å²) in [6, 6.07) is 0. The summed E-state index contributed by atoms with van der Waals surface area (Å²) >= 11 is 0. The van der Waals surface area contributed by atoms with Gasteiger partial charge in [-0.05, 0) is 12.8 Å². The van der Waals surface area contributed by atoms with Crippen LogP contribution in [0, 0.1) is 0 Å². The van der Waals surface area contributed by atoms with Crippen LogP contribution in [-0.2, 0) is 32.7 Å². The summed E-state index contributed by atoms with van der Waals surface area (Å²) in [6.45, 7) is 4.41. The number of nitrogens with zero attached hydrogens (tertiary/aromatic N) is 1. The van der Waals surface area contributed by atoms with Crippen LogP contribution in [0.3, 0.4) is 0 Å². The fourth-order valence-corrected chi connectivity index (χ4v) is 6.23. The fourth-order valence-electron chi connectivity index (χ4n) is 5.48. The molecule has 0 aliphatic heterocycles. The topological polar surface area (TPSA) is 108 Å². The molecular weight excluding hydrogens is 629 g/mol. The molecule has 0 radical (unpaired) electrons. The van der Waals surface area contributed by atoms with Crippen LogP contribution in [0.25, 0.3) is 0 Å². The van der Waals surface area contributed by atoms with Crippen molar-refractivity contribution in [2.24, 2.45) is 0 Å². The van der Waals surface area contributed by atoms with Gasteiger partial charge in [-0.3, -0.25) is 18.6 Å². The van der Waals surface area contributed by atoms with Crippen molar-refractivity contribution in [3.8, 4) is 0 Å². The Morgan fingerprint density at radius 2 is 0.938 bits per heavy atom. The van der Waals surface area contributed by atoms with E-state index in [4.69, 9.17) is 18.5 Å². The van der Waals surface area contributed by atoms with E-state index in [9.17, 15) is 19.0 Å². The van der Waals surface area contributed by atoms with E-state index in [1.807, 2.05) is 21.1 Å². The molecule has 48 heavy (non-hydrogen) atoms. The Hall–Kier alpha value is -0.990. The molecule has 0 spiro atoms. The molecule has 0 bridgehead atoms. The summed E-state index contributed by atoms with van der Waals surface area (Å²) in [4.78, 5) is 35.1. The maximum atomic E-state index is 12.6. The van der Waals surface area contributed by atoms with Crippen LogP contribution in [0.5, 0.6) is 0 Å². The number of ether oxygens (including phenoxy) is 2. The van der Waals surface area contributed by atoms with Crippen molar-refractivity contribution in [2.45, 2.75) is 187 Å². The third-order valence-electron chi connectivity index (χ3n) is 8.64. The quantitative estimate of drug-likeness (QED) is 0.0297. The lowest BCUT2D eigenvalue weighted by atomic mass is 10.0. The van der Waals surface area contributed by atoms with E-state index < -0.39 is 26.5 Å². The zero-order chi connectivity index (χ0) is 35.8. The number of carbonyl (C=O) groups excluding carboxylic acids is 2. The first-order valence-electron chi connectivity index (χ1n) is 19.8. The molecule has 0 fully saturated rings. The molecule has 0 aliphatic carbocycles. The van der Waals surface area contributed by atoms with Crippen molar-refractivity contribution in [2.75, 3.05) is 47.5 Å². The van der Waals surface area contributed by atoms with Gasteiger partial charge in [0.2, 0.25) is 0 Å². The van der Waals surface area contributed by atoms with Crippen LogP contribution >= 0.6 is 7.82 Å². The Morgan fingerprint density at radius 1 is 0.562 bits per heavy atom.